The first-order valence-electron chi connectivity index (χ1n) is 9.43. The van der Waals surface area contributed by atoms with E-state index in [0.717, 1.165) is 11.1 Å². The van der Waals surface area contributed by atoms with E-state index < -0.39 is 6.10 Å². The number of hydrogen-bond acceptors (Lipinski definition) is 3. The first kappa shape index (κ1) is 20.1. The monoisotopic (exact) mass is 388 g/mol. The van der Waals surface area contributed by atoms with Crippen LogP contribution in [0.2, 0.25) is 0 Å². The highest BCUT2D eigenvalue weighted by Gasteiger charge is 2.16. The van der Waals surface area contributed by atoms with Crippen LogP contribution in [0.3, 0.4) is 0 Å². The molecule has 3 aromatic rings. The molecule has 0 aliphatic carbocycles. The molecule has 3 aromatic carbocycles. The van der Waals surface area contributed by atoms with E-state index in [1.54, 1.807) is 31.2 Å². The van der Waals surface area contributed by atoms with Gasteiger partial charge in [-0.25, -0.2) is 0 Å². The van der Waals surface area contributed by atoms with E-state index in [4.69, 9.17) is 4.74 Å². The minimum Gasteiger partial charge on any atom is -0.481 e. The van der Waals surface area contributed by atoms with Crippen molar-refractivity contribution in [1.82, 2.24) is 0 Å². The molecule has 0 spiro atoms. The maximum atomic E-state index is 12.5. The van der Waals surface area contributed by atoms with E-state index in [1.807, 2.05) is 62.4 Å². The highest BCUT2D eigenvalue weighted by atomic mass is 16.5. The Morgan fingerprint density at radius 1 is 0.862 bits per heavy atom. The molecule has 1 atom stereocenters. The van der Waals surface area contributed by atoms with Gasteiger partial charge in [0.2, 0.25) is 0 Å². The summed E-state index contributed by atoms with van der Waals surface area (Å²) in [5.74, 6) is 0.237. The topological polar surface area (TPSA) is 67.4 Å². The maximum absolute atomic E-state index is 12.5. The standard InChI is InChI=1S/C24H24N2O3/c1-16-8-7-11-21(14-16)29-18(3)23(27)25-20-12-13-22(17(2)15-20)26-24(28)19-9-5-4-6-10-19/h4-15,18H,1-3H3,(H,25,27)(H,26,28). The van der Waals surface area contributed by atoms with Crippen LogP contribution in [0.25, 0.3) is 0 Å². The fourth-order valence-electron chi connectivity index (χ4n) is 2.86. The number of carbonyl (C=O) groups excluding carboxylic acids is 2. The number of benzene rings is 3. The third-order valence-electron chi connectivity index (χ3n) is 4.45. The van der Waals surface area contributed by atoms with Gasteiger partial charge in [-0.3, -0.25) is 9.59 Å². The van der Waals surface area contributed by atoms with Crippen LogP contribution in [0.15, 0.2) is 72.8 Å². The zero-order valence-electron chi connectivity index (χ0n) is 16.7. The molecule has 0 radical (unpaired) electrons. The summed E-state index contributed by atoms with van der Waals surface area (Å²) in [6, 6.07) is 21.9. The third-order valence-corrected chi connectivity index (χ3v) is 4.45. The molecule has 3 rings (SSSR count). The molecule has 0 bridgehead atoms. The van der Waals surface area contributed by atoms with Crippen LogP contribution in [-0.2, 0) is 4.79 Å². The van der Waals surface area contributed by atoms with Gasteiger partial charge in [-0.15, -0.1) is 0 Å². The molecule has 148 valence electrons. The van der Waals surface area contributed by atoms with Gasteiger partial charge in [0, 0.05) is 16.9 Å². The van der Waals surface area contributed by atoms with Crippen LogP contribution in [0, 0.1) is 13.8 Å². The van der Waals surface area contributed by atoms with Crippen LogP contribution in [0.1, 0.15) is 28.4 Å². The number of nitrogens with one attached hydrogen (secondary N) is 2. The van der Waals surface area contributed by atoms with Crippen LogP contribution < -0.4 is 15.4 Å². The summed E-state index contributed by atoms with van der Waals surface area (Å²) < 4.78 is 5.72. The smallest absolute Gasteiger partial charge is 0.265 e. The Balaban J connectivity index is 1.62. The van der Waals surface area contributed by atoms with Gasteiger partial charge in [0.1, 0.15) is 5.75 Å². The molecule has 0 aliphatic rings. The first-order chi connectivity index (χ1) is 13.9. The zero-order valence-corrected chi connectivity index (χ0v) is 16.7. The van der Waals surface area contributed by atoms with E-state index in [0.29, 0.717) is 22.7 Å². The zero-order chi connectivity index (χ0) is 20.8. The summed E-state index contributed by atoms with van der Waals surface area (Å²) in [6.07, 6.45) is -0.644. The predicted octanol–water partition coefficient (Wildman–Crippen LogP) is 4.96. The summed E-state index contributed by atoms with van der Waals surface area (Å²) >= 11 is 0. The average molecular weight is 388 g/mol. The van der Waals surface area contributed by atoms with Gasteiger partial charge in [-0.05, 0) is 74.4 Å². The summed E-state index contributed by atoms with van der Waals surface area (Å²) in [6.45, 7) is 5.56. The molecule has 1 unspecified atom stereocenters. The number of anilines is 2. The fraction of sp³-hybridized carbons (Fsp3) is 0.167. The highest BCUT2D eigenvalue weighted by molar-refractivity contribution is 6.04. The molecule has 29 heavy (non-hydrogen) atoms. The van der Waals surface area contributed by atoms with Crippen molar-refractivity contribution in [3.8, 4) is 5.75 Å². The molecule has 2 amide bonds. The molecule has 0 aromatic heterocycles. The minimum atomic E-state index is -0.644. The Morgan fingerprint density at radius 3 is 2.31 bits per heavy atom. The number of amides is 2. The quantitative estimate of drug-likeness (QED) is 0.627. The number of ether oxygens (including phenoxy) is 1. The Hall–Kier alpha value is -3.60. The van der Waals surface area contributed by atoms with Crippen molar-refractivity contribution in [1.29, 1.82) is 0 Å². The van der Waals surface area contributed by atoms with Crippen LogP contribution >= 0.6 is 0 Å². The van der Waals surface area contributed by atoms with Crippen molar-refractivity contribution < 1.29 is 14.3 Å². The van der Waals surface area contributed by atoms with E-state index in [9.17, 15) is 9.59 Å². The largest absolute Gasteiger partial charge is 0.481 e. The van der Waals surface area contributed by atoms with Crippen LogP contribution in [0.4, 0.5) is 11.4 Å². The molecular formula is C24H24N2O3. The lowest BCUT2D eigenvalue weighted by molar-refractivity contribution is -0.122. The Morgan fingerprint density at radius 2 is 1.62 bits per heavy atom. The van der Waals surface area contributed by atoms with Gasteiger partial charge in [-0.2, -0.15) is 0 Å². The summed E-state index contributed by atoms with van der Waals surface area (Å²) in [4.78, 5) is 24.8. The summed E-state index contributed by atoms with van der Waals surface area (Å²) in [5, 5.41) is 5.74. The van der Waals surface area contributed by atoms with Crippen molar-refractivity contribution in [2.75, 3.05) is 10.6 Å². The van der Waals surface area contributed by atoms with Crippen LogP contribution in [0.5, 0.6) is 5.75 Å². The molecule has 2 N–H and O–H groups in total. The number of aryl methyl sites for hydroxylation is 2. The lowest BCUT2D eigenvalue weighted by atomic mass is 10.1. The van der Waals surface area contributed by atoms with E-state index in [-0.39, 0.29) is 11.8 Å². The van der Waals surface area contributed by atoms with E-state index in [2.05, 4.69) is 10.6 Å². The second-order valence-electron chi connectivity index (χ2n) is 6.92. The van der Waals surface area contributed by atoms with Crippen molar-refractivity contribution in [2.24, 2.45) is 0 Å². The minimum absolute atomic E-state index is 0.175. The summed E-state index contributed by atoms with van der Waals surface area (Å²) in [7, 11) is 0. The Labute approximate surface area is 170 Å². The van der Waals surface area contributed by atoms with Gasteiger partial charge < -0.3 is 15.4 Å². The number of hydrogen-bond donors (Lipinski definition) is 2. The summed E-state index contributed by atoms with van der Waals surface area (Å²) in [5.41, 5.74) is 3.84. The molecule has 5 nitrogen and oxygen atoms in total. The van der Waals surface area contributed by atoms with Gasteiger partial charge in [0.25, 0.3) is 11.8 Å². The van der Waals surface area contributed by atoms with Gasteiger partial charge in [0.15, 0.2) is 6.10 Å². The lowest BCUT2D eigenvalue weighted by Crippen LogP contribution is -2.30. The predicted molar refractivity (Wildman–Crippen MR) is 115 cm³/mol. The molecule has 0 heterocycles. The highest BCUT2D eigenvalue weighted by Crippen LogP contribution is 2.21. The average Bonchev–Trinajstić information content (AvgIpc) is 2.70. The second-order valence-corrected chi connectivity index (χ2v) is 6.92. The van der Waals surface area contributed by atoms with E-state index in [1.165, 1.54) is 0 Å². The lowest BCUT2D eigenvalue weighted by Gasteiger charge is -2.16. The first-order valence-corrected chi connectivity index (χ1v) is 9.43. The molecule has 0 aliphatic heterocycles. The van der Waals surface area contributed by atoms with Gasteiger partial charge >= 0.3 is 0 Å². The molecule has 0 saturated carbocycles. The fourth-order valence-corrected chi connectivity index (χ4v) is 2.86. The number of carbonyl (C=O) groups is 2. The maximum Gasteiger partial charge on any atom is 0.265 e. The van der Waals surface area contributed by atoms with E-state index >= 15 is 0 Å². The molecule has 0 fully saturated rings. The van der Waals surface area contributed by atoms with Crippen molar-refractivity contribution >= 4 is 23.2 Å². The second kappa shape index (κ2) is 9.06. The van der Waals surface area contributed by atoms with Gasteiger partial charge in [-0.1, -0.05) is 30.3 Å². The SMILES string of the molecule is Cc1cccc(OC(C)C(=O)Nc2ccc(NC(=O)c3ccccc3)c(C)c2)c1. The van der Waals surface area contributed by atoms with Gasteiger partial charge in [0.05, 0.1) is 0 Å². The van der Waals surface area contributed by atoms with Crippen molar-refractivity contribution in [3.05, 3.63) is 89.5 Å². The van der Waals surface area contributed by atoms with Crippen molar-refractivity contribution in [3.63, 3.8) is 0 Å². The third kappa shape index (κ3) is 5.45. The Bertz CT molecular complexity index is 1020. The number of rotatable bonds is 6. The normalized spacial score (nSPS) is 11.4. The van der Waals surface area contributed by atoms with Crippen molar-refractivity contribution in [2.45, 2.75) is 26.9 Å². The Kier molecular flexibility index (Phi) is 6.29. The molecular weight excluding hydrogens is 364 g/mol. The molecule has 0 saturated heterocycles. The van der Waals surface area contributed by atoms with Crippen LogP contribution in [-0.4, -0.2) is 17.9 Å². The molecule has 5 heteroatoms.